The van der Waals surface area contributed by atoms with Gasteiger partial charge in [0.15, 0.2) is 0 Å². The van der Waals surface area contributed by atoms with E-state index in [2.05, 4.69) is 31.4 Å². The van der Waals surface area contributed by atoms with Gasteiger partial charge in [-0.2, -0.15) is 0 Å². The summed E-state index contributed by atoms with van der Waals surface area (Å²) in [5.41, 5.74) is 0.579. The highest BCUT2D eigenvalue weighted by atomic mass is 15.0. The van der Waals surface area contributed by atoms with E-state index in [-0.39, 0.29) is 0 Å². The molecule has 1 saturated heterocycles. The van der Waals surface area contributed by atoms with Gasteiger partial charge in [0.2, 0.25) is 0 Å². The fraction of sp³-hybridized carbons (Fsp3) is 1.00. The van der Waals surface area contributed by atoms with Crippen LogP contribution in [0.3, 0.4) is 0 Å². The molecule has 0 radical (unpaired) electrons. The molecule has 2 heteroatoms. The predicted molar refractivity (Wildman–Crippen MR) is 55.8 cm³/mol. The average Bonchev–Trinajstić information content (AvgIpc) is 2.47. The minimum absolute atomic E-state index is 0.579. The second-order valence-corrected chi connectivity index (χ2v) is 5.45. The summed E-state index contributed by atoms with van der Waals surface area (Å²) in [6.07, 6.45) is 2.71. The quantitative estimate of drug-likeness (QED) is 0.689. The van der Waals surface area contributed by atoms with Gasteiger partial charge in [-0.3, -0.25) is 0 Å². The van der Waals surface area contributed by atoms with Gasteiger partial charge >= 0.3 is 0 Å². The Bertz CT molecular complexity index is 189. The Hall–Kier alpha value is -0.0800. The van der Waals surface area contributed by atoms with Crippen LogP contribution >= 0.6 is 0 Å². The van der Waals surface area contributed by atoms with Crippen LogP contribution in [0.25, 0.3) is 0 Å². The topological polar surface area (TPSA) is 24.1 Å². The third kappa shape index (κ3) is 2.05. The van der Waals surface area contributed by atoms with Gasteiger partial charge in [-0.15, -0.1) is 0 Å². The minimum Gasteiger partial charge on any atom is -0.314 e. The van der Waals surface area contributed by atoms with E-state index in [1.165, 1.54) is 25.9 Å². The van der Waals surface area contributed by atoms with Crippen LogP contribution < -0.4 is 10.6 Å². The molecule has 0 amide bonds. The SMILES string of the molecule is CC1NCCC1CNC1CC1(C)C. The van der Waals surface area contributed by atoms with Crippen molar-refractivity contribution in [1.29, 1.82) is 0 Å². The maximum Gasteiger partial charge on any atom is 0.0125 e. The molecule has 0 bridgehead atoms. The maximum atomic E-state index is 3.68. The molecule has 1 aliphatic heterocycles. The molecule has 0 aromatic rings. The Morgan fingerprint density at radius 2 is 2.15 bits per heavy atom. The first-order valence-electron chi connectivity index (χ1n) is 5.56. The maximum absolute atomic E-state index is 3.68. The molecule has 2 N–H and O–H groups in total. The zero-order valence-electron chi connectivity index (χ0n) is 9.06. The summed E-state index contributed by atoms with van der Waals surface area (Å²) in [7, 11) is 0. The van der Waals surface area contributed by atoms with Crippen molar-refractivity contribution in [2.45, 2.75) is 45.7 Å². The fourth-order valence-electron chi connectivity index (χ4n) is 2.30. The Morgan fingerprint density at radius 1 is 1.46 bits per heavy atom. The van der Waals surface area contributed by atoms with Crippen molar-refractivity contribution in [2.24, 2.45) is 11.3 Å². The lowest BCUT2D eigenvalue weighted by Crippen LogP contribution is -2.33. The Kier molecular flexibility index (Phi) is 2.37. The number of nitrogens with one attached hydrogen (secondary N) is 2. The van der Waals surface area contributed by atoms with Crippen LogP contribution in [0.2, 0.25) is 0 Å². The van der Waals surface area contributed by atoms with E-state index in [4.69, 9.17) is 0 Å². The molecule has 76 valence electrons. The number of hydrogen-bond donors (Lipinski definition) is 2. The van der Waals surface area contributed by atoms with Gasteiger partial charge in [0.25, 0.3) is 0 Å². The van der Waals surface area contributed by atoms with Crippen molar-refractivity contribution in [1.82, 2.24) is 10.6 Å². The first kappa shape index (κ1) is 9.47. The fourth-order valence-corrected chi connectivity index (χ4v) is 2.30. The van der Waals surface area contributed by atoms with Crippen LogP contribution in [0, 0.1) is 11.3 Å². The Labute approximate surface area is 81.5 Å². The van der Waals surface area contributed by atoms with Gasteiger partial charge in [-0.05, 0) is 44.2 Å². The molecule has 0 aromatic carbocycles. The lowest BCUT2D eigenvalue weighted by molar-refractivity contribution is 0.421. The van der Waals surface area contributed by atoms with Crippen LogP contribution in [-0.2, 0) is 0 Å². The monoisotopic (exact) mass is 182 g/mol. The number of hydrogen-bond acceptors (Lipinski definition) is 2. The largest absolute Gasteiger partial charge is 0.314 e. The number of rotatable bonds is 3. The van der Waals surface area contributed by atoms with Gasteiger partial charge in [0.1, 0.15) is 0 Å². The smallest absolute Gasteiger partial charge is 0.0125 e. The van der Waals surface area contributed by atoms with E-state index in [1.807, 2.05) is 0 Å². The third-order valence-corrected chi connectivity index (χ3v) is 3.83. The highest BCUT2D eigenvalue weighted by Crippen LogP contribution is 2.44. The summed E-state index contributed by atoms with van der Waals surface area (Å²) >= 11 is 0. The molecule has 0 aromatic heterocycles. The molecule has 1 aliphatic carbocycles. The lowest BCUT2D eigenvalue weighted by atomic mass is 10.0. The summed E-state index contributed by atoms with van der Waals surface area (Å²) in [4.78, 5) is 0. The molecule has 2 fully saturated rings. The van der Waals surface area contributed by atoms with E-state index < -0.39 is 0 Å². The molecule has 1 heterocycles. The second-order valence-electron chi connectivity index (χ2n) is 5.45. The van der Waals surface area contributed by atoms with Gasteiger partial charge < -0.3 is 10.6 Å². The third-order valence-electron chi connectivity index (χ3n) is 3.83. The molecule has 2 rings (SSSR count). The van der Waals surface area contributed by atoms with Gasteiger partial charge in [-0.25, -0.2) is 0 Å². The molecule has 2 aliphatic rings. The van der Waals surface area contributed by atoms with E-state index in [0.717, 1.165) is 18.0 Å². The minimum atomic E-state index is 0.579. The molecular formula is C11H22N2. The first-order chi connectivity index (χ1) is 6.09. The van der Waals surface area contributed by atoms with Crippen LogP contribution in [0.15, 0.2) is 0 Å². The van der Waals surface area contributed by atoms with Crippen molar-refractivity contribution in [3.05, 3.63) is 0 Å². The molecule has 3 atom stereocenters. The van der Waals surface area contributed by atoms with Crippen LogP contribution in [0.5, 0.6) is 0 Å². The Balaban J connectivity index is 1.68. The highest BCUT2D eigenvalue weighted by molar-refractivity contribution is 5.02. The van der Waals surface area contributed by atoms with Gasteiger partial charge in [-0.1, -0.05) is 13.8 Å². The van der Waals surface area contributed by atoms with Crippen molar-refractivity contribution in [3.8, 4) is 0 Å². The molecular weight excluding hydrogens is 160 g/mol. The van der Waals surface area contributed by atoms with Gasteiger partial charge in [0, 0.05) is 12.1 Å². The average molecular weight is 182 g/mol. The van der Waals surface area contributed by atoms with Crippen LogP contribution in [0.4, 0.5) is 0 Å². The molecule has 13 heavy (non-hydrogen) atoms. The van der Waals surface area contributed by atoms with Crippen molar-refractivity contribution < 1.29 is 0 Å². The summed E-state index contributed by atoms with van der Waals surface area (Å²) in [5.74, 6) is 0.858. The predicted octanol–water partition coefficient (Wildman–Crippen LogP) is 1.37. The van der Waals surface area contributed by atoms with Crippen molar-refractivity contribution in [2.75, 3.05) is 13.1 Å². The second kappa shape index (κ2) is 3.25. The van der Waals surface area contributed by atoms with Gasteiger partial charge in [0.05, 0.1) is 0 Å². The lowest BCUT2D eigenvalue weighted by Gasteiger charge is -2.16. The van der Waals surface area contributed by atoms with Crippen LogP contribution in [0.1, 0.15) is 33.6 Å². The zero-order valence-corrected chi connectivity index (χ0v) is 9.06. The standard InChI is InChI=1S/C11H22N2/c1-8-9(4-5-12-8)7-13-10-6-11(10,2)3/h8-10,12-13H,4-7H2,1-3H3. The summed E-state index contributed by atoms with van der Waals surface area (Å²) < 4.78 is 0. The van der Waals surface area contributed by atoms with E-state index in [9.17, 15) is 0 Å². The van der Waals surface area contributed by atoms with E-state index >= 15 is 0 Å². The van der Waals surface area contributed by atoms with E-state index in [1.54, 1.807) is 0 Å². The molecule has 1 saturated carbocycles. The Morgan fingerprint density at radius 3 is 2.62 bits per heavy atom. The summed E-state index contributed by atoms with van der Waals surface area (Å²) in [6, 6.07) is 1.51. The van der Waals surface area contributed by atoms with Crippen molar-refractivity contribution >= 4 is 0 Å². The van der Waals surface area contributed by atoms with Crippen molar-refractivity contribution in [3.63, 3.8) is 0 Å². The summed E-state index contributed by atoms with van der Waals surface area (Å²) in [6.45, 7) is 9.42. The zero-order chi connectivity index (χ0) is 9.47. The van der Waals surface area contributed by atoms with Crippen LogP contribution in [-0.4, -0.2) is 25.2 Å². The first-order valence-corrected chi connectivity index (χ1v) is 5.56. The van der Waals surface area contributed by atoms with E-state index in [0.29, 0.717) is 5.41 Å². The highest BCUT2D eigenvalue weighted by Gasteiger charge is 2.45. The summed E-state index contributed by atoms with van der Waals surface area (Å²) in [5, 5.41) is 7.17. The molecule has 3 unspecified atom stereocenters. The molecule has 2 nitrogen and oxygen atoms in total. The molecule has 0 spiro atoms. The normalized spacial score (nSPS) is 42.2.